The zero-order valence-electron chi connectivity index (χ0n) is 15.5. The Balaban J connectivity index is 1.62. The van der Waals surface area contributed by atoms with Gasteiger partial charge in [0.2, 0.25) is 5.88 Å². The minimum atomic E-state index is -0.851. The van der Waals surface area contributed by atoms with Gasteiger partial charge in [0.15, 0.2) is 0 Å². The molecule has 1 aromatic heterocycles. The monoisotopic (exact) mass is 385 g/mol. The number of aliphatic imine (C=N–C) groups is 1. The third-order valence-electron chi connectivity index (χ3n) is 5.39. The molecule has 4 rings (SSSR count). The molecule has 0 radical (unpaired) electrons. The number of nitrogens with zero attached hydrogens (tertiary/aromatic N) is 3. The fourth-order valence-electron chi connectivity index (χ4n) is 3.73. The first-order chi connectivity index (χ1) is 13.4. The standard InChI is InChI=1S/C19H20FN5O3/c1-19(11-4-6-15(11)28-18(21)25-19)12-7-10(3-5-13(12)20)24-17(26)14-8-23-16(27-2)9-22-14/h3,5,7-9,11,15H,4,6H2,1-2H3,(H2,21,25)(H,24,26). The minimum Gasteiger partial charge on any atom is -0.480 e. The van der Waals surface area contributed by atoms with E-state index in [4.69, 9.17) is 15.2 Å². The van der Waals surface area contributed by atoms with Gasteiger partial charge in [0, 0.05) is 17.2 Å². The molecular formula is C19H20FN5O3. The third-order valence-corrected chi connectivity index (χ3v) is 5.39. The molecule has 1 aromatic carbocycles. The maximum absolute atomic E-state index is 14.7. The van der Waals surface area contributed by atoms with Crippen molar-refractivity contribution in [3.8, 4) is 5.88 Å². The SMILES string of the molecule is COc1cnc(C(=O)Nc2ccc(F)c(C3(C)N=C(N)OC4CCC43)c2)cn1. The summed E-state index contributed by atoms with van der Waals surface area (Å²) < 4.78 is 25.1. The van der Waals surface area contributed by atoms with E-state index in [9.17, 15) is 9.18 Å². The molecule has 3 atom stereocenters. The van der Waals surface area contributed by atoms with Gasteiger partial charge in [0.05, 0.1) is 25.0 Å². The lowest BCUT2D eigenvalue weighted by molar-refractivity contribution is -0.0297. The molecule has 28 heavy (non-hydrogen) atoms. The molecule has 1 fully saturated rings. The fourth-order valence-corrected chi connectivity index (χ4v) is 3.73. The third kappa shape index (κ3) is 3.02. The molecule has 1 aliphatic heterocycles. The number of ether oxygens (including phenoxy) is 2. The average molecular weight is 385 g/mol. The van der Waals surface area contributed by atoms with Crippen LogP contribution in [-0.4, -0.2) is 35.1 Å². The van der Waals surface area contributed by atoms with Crippen molar-refractivity contribution in [2.24, 2.45) is 16.6 Å². The maximum atomic E-state index is 14.7. The van der Waals surface area contributed by atoms with Crippen LogP contribution in [0.2, 0.25) is 0 Å². The van der Waals surface area contributed by atoms with Gasteiger partial charge in [-0.1, -0.05) is 0 Å². The molecule has 3 N–H and O–H groups in total. The number of amidine groups is 1. The number of amides is 1. The number of rotatable bonds is 4. The van der Waals surface area contributed by atoms with E-state index in [1.807, 2.05) is 6.92 Å². The second-order valence-electron chi connectivity index (χ2n) is 7.03. The van der Waals surface area contributed by atoms with Gasteiger partial charge in [-0.15, -0.1) is 0 Å². The van der Waals surface area contributed by atoms with Crippen LogP contribution in [0.4, 0.5) is 10.1 Å². The number of aromatic nitrogens is 2. The van der Waals surface area contributed by atoms with Crippen molar-refractivity contribution in [3.05, 3.63) is 47.7 Å². The van der Waals surface area contributed by atoms with Gasteiger partial charge < -0.3 is 20.5 Å². The molecule has 2 aliphatic rings. The zero-order chi connectivity index (χ0) is 19.9. The Labute approximate surface area is 161 Å². The van der Waals surface area contributed by atoms with E-state index in [1.165, 1.54) is 31.6 Å². The Morgan fingerprint density at radius 1 is 1.36 bits per heavy atom. The fraction of sp³-hybridized carbons (Fsp3) is 0.368. The van der Waals surface area contributed by atoms with Crippen LogP contribution in [0, 0.1) is 11.7 Å². The highest BCUT2D eigenvalue weighted by Crippen LogP contribution is 2.49. The van der Waals surface area contributed by atoms with E-state index in [0.29, 0.717) is 17.1 Å². The van der Waals surface area contributed by atoms with Crippen molar-refractivity contribution < 1.29 is 18.7 Å². The van der Waals surface area contributed by atoms with E-state index in [2.05, 4.69) is 20.3 Å². The van der Waals surface area contributed by atoms with Crippen molar-refractivity contribution in [2.75, 3.05) is 12.4 Å². The van der Waals surface area contributed by atoms with Crippen molar-refractivity contribution in [1.29, 1.82) is 0 Å². The summed E-state index contributed by atoms with van der Waals surface area (Å²) in [4.78, 5) is 24.8. The Morgan fingerprint density at radius 3 is 2.82 bits per heavy atom. The Morgan fingerprint density at radius 2 is 2.18 bits per heavy atom. The van der Waals surface area contributed by atoms with Crippen LogP contribution in [0.5, 0.6) is 5.88 Å². The summed E-state index contributed by atoms with van der Waals surface area (Å²) in [6.07, 6.45) is 4.33. The Bertz CT molecular complexity index is 949. The highest BCUT2D eigenvalue weighted by molar-refractivity contribution is 6.02. The number of nitrogens with one attached hydrogen (secondary N) is 1. The highest BCUT2D eigenvalue weighted by Gasteiger charge is 2.51. The van der Waals surface area contributed by atoms with Crippen LogP contribution in [-0.2, 0) is 10.3 Å². The summed E-state index contributed by atoms with van der Waals surface area (Å²) in [5.41, 5.74) is 5.87. The first kappa shape index (κ1) is 18.1. The highest BCUT2D eigenvalue weighted by atomic mass is 19.1. The topological polar surface area (TPSA) is 112 Å². The first-order valence-electron chi connectivity index (χ1n) is 8.90. The molecule has 2 heterocycles. The Hall–Kier alpha value is -3.23. The molecule has 1 aliphatic carbocycles. The molecule has 3 unspecified atom stereocenters. The van der Waals surface area contributed by atoms with Crippen LogP contribution in [0.25, 0.3) is 0 Å². The van der Waals surface area contributed by atoms with Crippen molar-refractivity contribution in [1.82, 2.24) is 9.97 Å². The van der Waals surface area contributed by atoms with Crippen LogP contribution in [0.15, 0.2) is 35.6 Å². The van der Waals surface area contributed by atoms with Gasteiger partial charge in [-0.3, -0.25) is 4.79 Å². The van der Waals surface area contributed by atoms with Gasteiger partial charge >= 0.3 is 0 Å². The minimum absolute atomic E-state index is 0.0349. The lowest BCUT2D eigenvalue weighted by atomic mass is 9.66. The molecule has 2 aromatic rings. The molecule has 1 saturated carbocycles. The molecule has 0 saturated heterocycles. The maximum Gasteiger partial charge on any atom is 0.283 e. The first-order valence-corrected chi connectivity index (χ1v) is 8.90. The molecule has 146 valence electrons. The summed E-state index contributed by atoms with van der Waals surface area (Å²) >= 11 is 0. The van der Waals surface area contributed by atoms with Gasteiger partial charge in [0.25, 0.3) is 11.9 Å². The van der Waals surface area contributed by atoms with Crippen molar-refractivity contribution in [2.45, 2.75) is 31.4 Å². The second kappa shape index (κ2) is 6.74. The summed E-state index contributed by atoms with van der Waals surface area (Å²) in [6, 6.07) is 4.44. The largest absolute Gasteiger partial charge is 0.480 e. The van der Waals surface area contributed by atoms with Gasteiger partial charge in [-0.05, 0) is 38.0 Å². The predicted octanol–water partition coefficient (Wildman–Crippen LogP) is 2.22. The van der Waals surface area contributed by atoms with Crippen LogP contribution in [0.1, 0.15) is 35.8 Å². The number of carbonyl (C=O) groups is 1. The summed E-state index contributed by atoms with van der Waals surface area (Å²) in [6.45, 7) is 1.85. The van der Waals surface area contributed by atoms with E-state index < -0.39 is 17.3 Å². The number of hydrogen-bond acceptors (Lipinski definition) is 7. The number of nitrogens with two attached hydrogens (primary N) is 1. The number of methoxy groups -OCH3 is 1. The average Bonchev–Trinajstić information content (AvgIpc) is 2.65. The van der Waals surface area contributed by atoms with Crippen molar-refractivity contribution >= 4 is 17.6 Å². The molecule has 9 heteroatoms. The molecular weight excluding hydrogens is 365 g/mol. The lowest BCUT2D eigenvalue weighted by Gasteiger charge is -2.49. The van der Waals surface area contributed by atoms with Gasteiger partial charge in [-0.2, -0.15) is 0 Å². The van der Waals surface area contributed by atoms with Gasteiger partial charge in [0.1, 0.15) is 17.6 Å². The van der Waals surface area contributed by atoms with Crippen LogP contribution >= 0.6 is 0 Å². The molecule has 0 spiro atoms. The number of carbonyl (C=O) groups excluding carboxylic acids is 1. The lowest BCUT2D eigenvalue weighted by Crippen LogP contribution is -2.53. The molecule has 0 bridgehead atoms. The van der Waals surface area contributed by atoms with E-state index in [0.717, 1.165) is 12.8 Å². The van der Waals surface area contributed by atoms with Gasteiger partial charge in [-0.25, -0.2) is 19.4 Å². The number of hydrogen-bond donors (Lipinski definition) is 2. The van der Waals surface area contributed by atoms with E-state index in [1.54, 1.807) is 6.07 Å². The van der Waals surface area contributed by atoms with E-state index >= 15 is 0 Å². The van der Waals surface area contributed by atoms with Crippen LogP contribution in [0.3, 0.4) is 0 Å². The van der Waals surface area contributed by atoms with Crippen LogP contribution < -0.4 is 15.8 Å². The normalized spacial score (nSPS) is 25.6. The second-order valence-corrected chi connectivity index (χ2v) is 7.03. The Kier molecular flexibility index (Phi) is 4.37. The number of halogens is 1. The number of fused-ring (bicyclic) bond motifs is 1. The predicted molar refractivity (Wildman–Crippen MR) is 99.5 cm³/mol. The number of anilines is 1. The summed E-state index contributed by atoms with van der Waals surface area (Å²) in [5.74, 6) is -0.533. The summed E-state index contributed by atoms with van der Waals surface area (Å²) in [7, 11) is 1.46. The zero-order valence-corrected chi connectivity index (χ0v) is 15.5. The molecule has 1 amide bonds. The quantitative estimate of drug-likeness (QED) is 0.835. The number of benzene rings is 1. The molecule has 8 nitrogen and oxygen atoms in total. The smallest absolute Gasteiger partial charge is 0.283 e. The summed E-state index contributed by atoms with van der Waals surface area (Å²) in [5, 5.41) is 2.72. The van der Waals surface area contributed by atoms with E-state index in [-0.39, 0.29) is 23.7 Å². The van der Waals surface area contributed by atoms with Crippen molar-refractivity contribution in [3.63, 3.8) is 0 Å².